The molecule has 0 aliphatic heterocycles. The Balaban J connectivity index is 1.72. The van der Waals surface area contributed by atoms with Gasteiger partial charge in [0.2, 0.25) is 0 Å². The second kappa shape index (κ2) is 12.5. The molecule has 2 aromatic rings. The minimum Gasteiger partial charge on any atom is -0.461 e. The largest absolute Gasteiger partial charge is 0.461 e. The predicted molar refractivity (Wildman–Crippen MR) is 140 cm³/mol. The van der Waals surface area contributed by atoms with Crippen LogP contribution in [0.1, 0.15) is 67.2 Å². The minimum absolute atomic E-state index is 0.164. The van der Waals surface area contributed by atoms with Crippen LogP contribution < -0.4 is 10.8 Å². The van der Waals surface area contributed by atoms with Crippen molar-refractivity contribution in [3.63, 3.8) is 0 Å². The summed E-state index contributed by atoms with van der Waals surface area (Å²) >= 11 is 0. The minimum atomic E-state index is -3.94. The van der Waals surface area contributed by atoms with Gasteiger partial charge in [-0.25, -0.2) is 24.8 Å². The molecule has 0 radical (unpaired) electrons. The molecular weight excluding hydrogens is 515 g/mol. The highest BCUT2D eigenvalue weighted by atomic mass is 31.2. The van der Waals surface area contributed by atoms with Crippen molar-refractivity contribution in [1.29, 1.82) is 0 Å². The van der Waals surface area contributed by atoms with E-state index in [0.29, 0.717) is 17.7 Å². The smallest absolute Gasteiger partial charge is 0.335 e. The second-order valence-corrected chi connectivity index (χ2v) is 12.4. The SMILES string of the molecule is CC(C)OC(=O)[C@H](C)O[P@](=O)(CO[C@H](C)Cn1cnc2c(N)ncnc21)NC(C)(C)C(=O)OC1CCCC1. The van der Waals surface area contributed by atoms with Gasteiger partial charge in [-0.3, -0.25) is 9.36 Å². The molecule has 3 atom stereocenters. The maximum Gasteiger partial charge on any atom is 0.335 e. The number of aromatic nitrogens is 4. The molecular formula is C24H39N6O7P. The lowest BCUT2D eigenvalue weighted by Gasteiger charge is -2.32. The average molecular weight is 555 g/mol. The van der Waals surface area contributed by atoms with Crippen molar-refractivity contribution in [1.82, 2.24) is 24.6 Å². The normalized spacial score (nSPS) is 17.9. The molecule has 3 rings (SSSR count). The summed E-state index contributed by atoms with van der Waals surface area (Å²) < 4.78 is 38.2. The lowest BCUT2D eigenvalue weighted by Crippen LogP contribution is -2.48. The van der Waals surface area contributed by atoms with E-state index in [1.54, 1.807) is 45.5 Å². The number of imidazole rings is 1. The number of anilines is 1. The van der Waals surface area contributed by atoms with Crippen molar-refractivity contribution in [2.45, 2.75) is 104 Å². The third-order valence-electron chi connectivity index (χ3n) is 5.96. The first-order chi connectivity index (χ1) is 17.8. The maximum atomic E-state index is 14.0. The third kappa shape index (κ3) is 7.95. The van der Waals surface area contributed by atoms with E-state index >= 15 is 0 Å². The summed E-state index contributed by atoms with van der Waals surface area (Å²) in [5.41, 5.74) is 5.48. The Morgan fingerprint density at radius 1 is 1.18 bits per heavy atom. The zero-order valence-corrected chi connectivity index (χ0v) is 23.8. The first-order valence-corrected chi connectivity index (χ1v) is 14.6. The molecule has 1 fully saturated rings. The zero-order valence-electron chi connectivity index (χ0n) is 22.9. The van der Waals surface area contributed by atoms with Crippen molar-refractivity contribution >= 4 is 36.4 Å². The van der Waals surface area contributed by atoms with Gasteiger partial charge in [0.05, 0.1) is 25.1 Å². The number of fused-ring (bicyclic) bond motifs is 1. The molecule has 2 aromatic heterocycles. The van der Waals surface area contributed by atoms with Gasteiger partial charge in [-0.15, -0.1) is 0 Å². The van der Waals surface area contributed by atoms with Crippen molar-refractivity contribution in [3.05, 3.63) is 12.7 Å². The van der Waals surface area contributed by atoms with Crippen LogP contribution in [0.25, 0.3) is 11.2 Å². The monoisotopic (exact) mass is 554 g/mol. The van der Waals surface area contributed by atoms with Gasteiger partial charge in [0, 0.05) is 0 Å². The standard InChI is InChI=1S/C24H39N6O7P/c1-15(2)35-22(31)17(4)37-38(33,29-24(5,6)23(32)36-18-9-7-8-10-18)14-34-16(3)11-30-13-28-19-20(25)26-12-27-21(19)30/h12-13,15-18H,7-11,14H2,1-6H3,(H,29,33)(H2,25,26,27)/t16-,17+,38-/m1/s1. The molecule has 0 unspecified atom stereocenters. The lowest BCUT2D eigenvalue weighted by molar-refractivity contribution is -0.155. The van der Waals surface area contributed by atoms with Gasteiger partial charge < -0.3 is 29.0 Å². The van der Waals surface area contributed by atoms with E-state index in [9.17, 15) is 14.2 Å². The third-order valence-corrected chi connectivity index (χ3v) is 8.01. The van der Waals surface area contributed by atoms with Crippen LogP contribution in [0.2, 0.25) is 0 Å². The van der Waals surface area contributed by atoms with Gasteiger partial charge in [0.15, 0.2) is 17.6 Å². The number of esters is 2. The van der Waals surface area contributed by atoms with Crippen LogP contribution in [0.3, 0.4) is 0 Å². The van der Waals surface area contributed by atoms with Crippen LogP contribution in [0, 0.1) is 0 Å². The Morgan fingerprint density at radius 3 is 2.53 bits per heavy atom. The molecule has 1 aliphatic carbocycles. The van der Waals surface area contributed by atoms with Gasteiger partial charge in [0.25, 0.3) is 7.52 Å². The van der Waals surface area contributed by atoms with Gasteiger partial charge in [-0.2, -0.15) is 0 Å². The Morgan fingerprint density at radius 2 is 1.87 bits per heavy atom. The van der Waals surface area contributed by atoms with Crippen LogP contribution in [0.15, 0.2) is 12.7 Å². The molecule has 0 spiro atoms. The maximum absolute atomic E-state index is 14.0. The van der Waals surface area contributed by atoms with E-state index in [1.807, 2.05) is 0 Å². The number of carbonyl (C=O) groups is 2. The van der Waals surface area contributed by atoms with E-state index in [2.05, 4.69) is 20.0 Å². The highest BCUT2D eigenvalue weighted by Gasteiger charge is 2.41. The van der Waals surface area contributed by atoms with E-state index < -0.39 is 43.6 Å². The Kier molecular flexibility index (Phi) is 9.85. The van der Waals surface area contributed by atoms with Crippen molar-refractivity contribution < 1.29 is 32.9 Å². The molecule has 212 valence electrons. The van der Waals surface area contributed by atoms with Gasteiger partial charge in [-0.1, -0.05) is 0 Å². The number of nitrogen functional groups attached to an aromatic ring is 1. The zero-order chi connectivity index (χ0) is 28.1. The molecule has 0 bridgehead atoms. The molecule has 14 heteroatoms. The highest BCUT2D eigenvalue weighted by molar-refractivity contribution is 7.56. The fourth-order valence-electron chi connectivity index (χ4n) is 4.08. The van der Waals surface area contributed by atoms with E-state index in [4.69, 9.17) is 24.5 Å². The highest BCUT2D eigenvalue weighted by Crippen LogP contribution is 2.46. The molecule has 38 heavy (non-hydrogen) atoms. The number of nitrogens with two attached hydrogens (primary N) is 1. The number of rotatable bonds is 13. The lowest BCUT2D eigenvalue weighted by atomic mass is 10.1. The summed E-state index contributed by atoms with van der Waals surface area (Å²) in [5.74, 6) is -0.970. The van der Waals surface area contributed by atoms with Crippen LogP contribution >= 0.6 is 7.52 Å². The van der Waals surface area contributed by atoms with E-state index in [1.165, 1.54) is 13.3 Å². The first kappa shape index (κ1) is 29.9. The summed E-state index contributed by atoms with van der Waals surface area (Å²) in [5, 5.41) is 2.80. The number of hydrogen-bond donors (Lipinski definition) is 2. The quantitative estimate of drug-likeness (QED) is 0.274. The van der Waals surface area contributed by atoms with Crippen molar-refractivity contribution in [2.75, 3.05) is 12.1 Å². The second-order valence-electron chi connectivity index (χ2n) is 10.4. The van der Waals surface area contributed by atoms with E-state index in [0.717, 1.165) is 25.7 Å². The number of hydrogen-bond acceptors (Lipinski definition) is 11. The molecule has 0 amide bonds. The summed E-state index contributed by atoms with van der Waals surface area (Å²) in [6.45, 7) is 10.0. The van der Waals surface area contributed by atoms with Gasteiger partial charge in [-0.05, 0) is 67.2 Å². The fourth-order valence-corrected chi connectivity index (χ4v) is 6.25. The summed E-state index contributed by atoms with van der Waals surface area (Å²) in [7, 11) is -3.94. The number of carbonyl (C=O) groups excluding carboxylic acids is 2. The summed E-state index contributed by atoms with van der Waals surface area (Å²) in [6, 6.07) is 0. The Hall–Kier alpha value is -2.60. The first-order valence-electron chi connectivity index (χ1n) is 12.8. The molecule has 1 saturated carbocycles. The summed E-state index contributed by atoms with van der Waals surface area (Å²) in [6.07, 6.45) is 3.90. The Bertz CT molecular complexity index is 1160. The molecule has 13 nitrogen and oxygen atoms in total. The molecule has 2 heterocycles. The van der Waals surface area contributed by atoms with Crippen LogP contribution in [-0.2, 0) is 39.4 Å². The van der Waals surface area contributed by atoms with Gasteiger partial charge in [0.1, 0.15) is 29.8 Å². The molecule has 0 aromatic carbocycles. The molecule has 3 N–H and O–H groups in total. The van der Waals surface area contributed by atoms with Gasteiger partial charge >= 0.3 is 11.9 Å². The fraction of sp³-hybridized carbons (Fsp3) is 0.708. The molecule has 0 saturated heterocycles. The number of nitrogens with one attached hydrogen (secondary N) is 1. The topological polar surface area (TPSA) is 170 Å². The number of nitrogens with zero attached hydrogens (tertiary/aromatic N) is 4. The number of ether oxygens (including phenoxy) is 3. The average Bonchev–Trinajstić information content (AvgIpc) is 3.48. The Labute approximate surface area is 222 Å². The van der Waals surface area contributed by atoms with Crippen molar-refractivity contribution in [2.24, 2.45) is 0 Å². The van der Waals surface area contributed by atoms with Crippen molar-refractivity contribution in [3.8, 4) is 0 Å². The summed E-state index contributed by atoms with van der Waals surface area (Å²) in [4.78, 5) is 37.7. The molecule has 1 aliphatic rings. The van der Waals surface area contributed by atoms with Crippen LogP contribution in [0.5, 0.6) is 0 Å². The van der Waals surface area contributed by atoms with Crippen LogP contribution in [0.4, 0.5) is 5.82 Å². The van der Waals surface area contributed by atoms with Crippen LogP contribution in [-0.4, -0.2) is 67.8 Å². The van der Waals surface area contributed by atoms with E-state index in [-0.39, 0.29) is 18.0 Å². The predicted octanol–water partition coefficient (Wildman–Crippen LogP) is 3.17.